The molecule has 2 aromatic rings. The van der Waals surface area contributed by atoms with Crippen molar-refractivity contribution in [2.75, 3.05) is 16.8 Å². The van der Waals surface area contributed by atoms with E-state index in [0.717, 1.165) is 16.5 Å². The van der Waals surface area contributed by atoms with Crippen LogP contribution in [-0.4, -0.2) is 41.4 Å². The molecule has 0 aliphatic carbocycles. The Bertz CT molecular complexity index is 1040. The SMILES string of the molecule is Cc1ccc(NC(=O)CN2N=NC3C(=O)N(c4ccc(F)c(Cl)c4)C(=O)C32)cc1. The van der Waals surface area contributed by atoms with Crippen LogP contribution >= 0.6 is 11.6 Å². The molecule has 2 heterocycles. The van der Waals surface area contributed by atoms with Gasteiger partial charge in [0.05, 0.1) is 10.7 Å². The highest BCUT2D eigenvalue weighted by Crippen LogP contribution is 2.33. The molecule has 2 aliphatic rings. The summed E-state index contributed by atoms with van der Waals surface area (Å²) in [5, 5.41) is 11.3. The van der Waals surface area contributed by atoms with Crippen molar-refractivity contribution in [2.24, 2.45) is 10.3 Å². The van der Waals surface area contributed by atoms with Crippen molar-refractivity contribution >= 4 is 40.7 Å². The number of anilines is 2. The third-order valence-electron chi connectivity index (χ3n) is 4.66. The Labute approximate surface area is 169 Å². The van der Waals surface area contributed by atoms with Gasteiger partial charge >= 0.3 is 0 Å². The smallest absolute Gasteiger partial charge is 0.263 e. The lowest BCUT2D eigenvalue weighted by Gasteiger charge is -2.20. The predicted octanol–water partition coefficient (Wildman–Crippen LogP) is 2.72. The molecular weight excluding hydrogens is 401 g/mol. The Morgan fingerprint density at radius 2 is 1.90 bits per heavy atom. The van der Waals surface area contributed by atoms with Crippen molar-refractivity contribution in [1.82, 2.24) is 5.01 Å². The van der Waals surface area contributed by atoms with Crippen LogP contribution in [0.5, 0.6) is 0 Å². The van der Waals surface area contributed by atoms with Crippen LogP contribution in [0, 0.1) is 12.7 Å². The van der Waals surface area contributed by atoms with Gasteiger partial charge in [-0.1, -0.05) is 34.5 Å². The molecule has 8 nitrogen and oxygen atoms in total. The van der Waals surface area contributed by atoms with Gasteiger partial charge in [-0.15, -0.1) is 0 Å². The number of nitrogens with one attached hydrogen (secondary N) is 1. The fraction of sp³-hybridized carbons (Fsp3) is 0.211. The second kappa shape index (κ2) is 7.25. The number of benzene rings is 2. The average molecular weight is 416 g/mol. The number of rotatable bonds is 4. The molecule has 0 radical (unpaired) electrons. The maximum Gasteiger partial charge on any atom is 0.263 e. The highest BCUT2D eigenvalue weighted by molar-refractivity contribution is 6.32. The van der Waals surface area contributed by atoms with Crippen molar-refractivity contribution in [3.05, 3.63) is 58.9 Å². The standard InChI is InChI=1S/C19H15ClFN5O3/c1-10-2-4-11(5-3-10)22-15(27)9-25-17-16(23-24-25)18(28)26(19(17)29)12-6-7-14(21)13(20)8-12/h2-8,16-17H,9H2,1H3,(H,22,27). The zero-order valence-corrected chi connectivity index (χ0v) is 15.9. The van der Waals surface area contributed by atoms with E-state index >= 15 is 0 Å². The van der Waals surface area contributed by atoms with Gasteiger partial charge in [0.25, 0.3) is 11.8 Å². The topological polar surface area (TPSA) is 94.4 Å². The Morgan fingerprint density at radius 1 is 1.17 bits per heavy atom. The average Bonchev–Trinajstić information content (AvgIpc) is 3.20. The van der Waals surface area contributed by atoms with Crippen LogP contribution in [0.4, 0.5) is 15.8 Å². The summed E-state index contributed by atoms with van der Waals surface area (Å²) >= 11 is 5.76. The number of carbonyl (C=O) groups is 3. The van der Waals surface area contributed by atoms with Gasteiger partial charge in [0.2, 0.25) is 5.91 Å². The molecule has 0 bridgehead atoms. The van der Waals surface area contributed by atoms with Gasteiger partial charge in [-0.05, 0) is 37.3 Å². The number of imide groups is 1. The third-order valence-corrected chi connectivity index (χ3v) is 4.95. The molecule has 3 amide bonds. The number of halogens is 2. The first-order chi connectivity index (χ1) is 13.8. The molecule has 148 valence electrons. The molecule has 2 atom stereocenters. The summed E-state index contributed by atoms with van der Waals surface area (Å²) in [7, 11) is 0. The Morgan fingerprint density at radius 3 is 2.59 bits per heavy atom. The van der Waals surface area contributed by atoms with Crippen LogP contribution in [0.25, 0.3) is 0 Å². The molecule has 0 saturated carbocycles. The number of carbonyl (C=O) groups excluding carboxylic acids is 3. The lowest BCUT2D eigenvalue weighted by molar-refractivity contribution is -0.123. The van der Waals surface area contributed by atoms with Crippen LogP contribution in [0.1, 0.15) is 5.56 Å². The fourth-order valence-electron chi connectivity index (χ4n) is 3.22. The first-order valence-corrected chi connectivity index (χ1v) is 9.10. The minimum atomic E-state index is -1.06. The van der Waals surface area contributed by atoms with Gasteiger partial charge in [-0.25, -0.2) is 9.29 Å². The number of aryl methyl sites for hydroxylation is 1. The van der Waals surface area contributed by atoms with Crippen LogP contribution in [0.3, 0.4) is 0 Å². The Kier molecular flexibility index (Phi) is 4.75. The van der Waals surface area contributed by atoms with Gasteiger partial charge in [-0.2, -0.15) is 5.11 Å². The monoisotopic (exact) mass is 415 g/mol. The first kappa shape index (κ1) is 19.0. The molecule has 1 fully saturated rings. The summed E-state index contributed by atoms with van der Waals surface area (Å²) in [4.78, 5) is 38.7. The zero-order valence-electron chi connectivity index (χ0n) is 15.2. The molecule has 2 aromatic carbocycles. The lowest BCUT2D eigenvalue weighted by atomic mass is 10.1. The first-order valence-electron chi connectivity index (χ1n) is 8.72. The van der Waals surface area contributed by atoms with Crippen LogP contribution in [-0.2, 0) is 14.4 Å². The van der Waals surface area contributed by atoms with Gasteiger partial charge in [-0.3, -0.25) is 19.4 Å². The molecular formula is C19H15ClFN5O3. The normalized spacial score (nSPS) is 20.4. The van der Waals surface area contributed by atoms with E-state index < -0.39 is 35.6 Å². The van der Waals surface area contributed by atoms with Gasteiger partial charge in [0.1, 0.15) is 12.4 Å². The summed E-state index contributed by atoms with van der Waals surface area (Å²) in [6.45, 7) is 1.68. The summed E-state index contributed by atoms with van der Waals surface area (Å²) in [5.74, 6) is -2.27. The van der Waals surface area contributed by atoms with Gasteiger partial charge in [0.15, 0.2) is 12.1 Å². The molecule has 0 aromatic heterocycles. The predicted molar refractivity (Wildman–Crippen MR) is 103 cm³/mol. The second-order valence-corrected chi connectivity index (χ2v) is 7.12. The van der Waals surface area contributed by atoms with Crippen LogP contribution < -0.4 is 10.2 Å². The van der Waals surface area contributed by atoms with E-state index in [2.05, 4.69) is 15.7 Å². The molecule has 10 heteroatoms. The van der Waals surface area contributed by atoms with Crippen molar-refractivity contribution in [3.63, 3.8) is 0 Å². The quantitative estimate of drug-likeness (QED) is 0.777. The minimum Gasteiger partial charge on any atom is -0.324 e. The van der Waals surface area contributed by atoms with Crippen molar-refractivity contribution in [3.8, 4) is 0 Å². The largest absolute Gasteiger partial charge is 0.324 e. The lowest BCUT2D eigenvalue weighted by Crippen LogP contribution is -2.43. The summed E-state index contributed by atoms with van der Waals surface area (Å²) in [6, 6.07) is 8.67. The number of fused-ring (bicyclic) bond motifs is 1. The molecule has 1 saturated heterocycles. The molecule has 29 heavy (non-hydrogen) atoms. The Balaban J connectivity index is 1.49. The molecule has 2 unspecified atom stereocenters. The summed E-state index contributed by atoms with van der Waals surface area (Å²) < 4.78 is 13.4. The fourth-order valence-corrected chi connectivity index (χ4v) is 3.39. The maximum atomic E-state index is 13.4. The van der Waals surface area contributed by atoms with E-state index in [4.69, 9.17) is 11.6 Å². The molecule has 0 spiro atoms. The van der Waals surface area contributed by atoms with Crippen molar-refractivity contribution < 1.29 is 18.8 Å². The molecule has 2 aliphatic heterocycles. The van der Waals surface area contributed by atoms with E-state index in [0.29, 0.717) is 5.69 Å². The zero-order chi connectivity index (χ0) is 20.7. The van der Waals surface area contributed by atoms with Crippen molar-refractivity contribution in [2.45, 2.75) is 19.0 Å². The second-order valence-electron chi connectivity index (χ2n) is 6.72. The number of amides is 3. The number of hydrogen-bond acceptors (Lipinski definition) is 6. The van der Waals surface area contributed by atoms with Gasteiger partial charge < -0.3 is 5.32 Å². The minimum absolute atomic E-state index is 0.139. The van der Waals surface area contributed by atoms with E-state index in [1.54, 1.807) is 12.1 Å². The maximum absolute atomic E-state index is 13.4. The summed E-state index contributed by atoms with van der Waals surface area (Å²) in [6.07, 6.45) is 0. The van der Waals surface area contributed by atoms with E-state index in [9.17, 15) is 18.8 Å². The van der Waals surface area contributed by atoms with Gasteiger partial charge in [0, 0.05) is 5.69 Å². The summed E-state index contributed by atoms with van der Waals surface area (Å²) in [5.41, 5.74) is 1.79. The van der Waals surface area contributed by atoms with E-state index in [1.807, 2.05) is 19.1 Å². The van der Waals surface area contributed by atoms with E-state index in [1.165, 1.54) is 17.1 Å². The third kappa shape index (κ3) is 3.44. The number of hydrogen-bond donors (Lipinski definition) is 1. The van der Waals surface area contributed by atoms with E-state index in [-0.39, 0.29) is 17.3 Å². The molecule has 4 rings (SSSR count). The van der Waals surface area contributed by atoms with Crippen molar-refractivity contribution in [1.29, 1.82) is 0 Å². The Hall–Kier alpha value is -3.33. The van der Waals surface area contributed by atoms with Crippen LogP contribution in [0.2, 0.25) is 5.02 Å². The molecule has 1 N–H and O–H groups in total. The van der Waals surface area contributed by atoms with Crippen LogP contribution in [0.15, 0.2) is 52.8 Å². The highest BCUT2D eigenvalue weighted by atomic mass is 35.5. The highest BCUT2D eigenvalue weighted by Gasteiger charge is 2.55. The number of nitrogens with zero attached hydrogens (tertiary/aromatic N) is 4.